The SMILES string of the molecule is NC[C@H]1O[C@@H](C(=O)NC[C@H]2O[C@@H](C(=O)NC[C@H]3O[C@@H](C(=O)NC[C@H]4O[C@@H](C(=O)O)[C@@H](OCc5ccccc5)[C@@H]4OCc4ccccc4)[C@@H](OCc4ccccc4)[C@@H]3OCc3ccccc3)[C@@H](OCc3ccccc3)[C@@H]2OCc2ccccc2)[C@@H](OCc2ccccc2)[C@@H]1OCc1ccccc1. The largest absolute Gasteiger partial charge is 0.479 e. The van der Waals surface area contributed by atoms with Crippen molar-refractivity contribution in [2.45, 2.75) is 151 Å². The highest BCUT2D eigenvalue weighted by atomic mass is 16.6. The van der Waals surface area contributed by atoms with E-state index in [4.69, 9.17) is 62.6 Å². The zero-order chi connectivity index (χ0) is 69.5. The third-order valence-corrected chi connectivity index (χ3v) is 18.2. The van der Waals surface area contributed by atoms with Crippen molar-refractivity contribution in [1.82, 2.24) is 16.0 Å². The van der Waals surface area contributed by atoms with Gasteiger partial charge in [-0.15, -0.1) is 0 Å². The Kier molecular flexibility index (Phi) is 26.1. The highest BCUT2D eigenvalue weighted by molar-refractivity contribution is 5.84. The van der Waals surface area contributed by atoms with Crippen LogP contribution in [0.25, 0.3) is 0 Å². The average molecular weight is 1380 g/mol. The van der Waals surface area contributed by atoms with Crippen LogP contribution < -0.4 is 21.7 Å². The lowest BCUT2D eigenvalue weighted by atomic mass is 10.0. The summed E-state index contributed by atoms with van der Waals surface area (Å²) in [5.74, 6) is -3.02. The number of carboxylic acids is 1. The van der Waals surface area contributed by atoms with Gasteiger partial charge in [0.2, 0.25) is 0 Å². The molecule has 16 atom stereocenters. The molecule has 6 N–H and O–H groups in total. The highest BCUT2D eigenvalue weighted by Crippen LogP contribution is 2.35. The molecule has 0 aliphatic carbocycles. The monoisotopic (exact) mass is 1370 g/mol. The summed E-state index contributed by atoms with van der Waals surface area (Å²) in [6.45, 7) is 0.263. The number of nitrogens with two attached hydrogens (primary N) is 1. The summed E-state index contributed by atoms with van der Waals surface area (Å²) in [5, 5.41) is 19.7. The number of rotatable bonds is 35. The van der Waals surface area contributed by atoms with Crippen molar-refractivity contribution in [2.24, 2.45) is 5.73 Å². The number of benzene rings is 8. The highest BCUT2D eigenvalue weighted by Gasteiger charge is 2.55. The summed E-state index contributed by atoms with van der Waals surface area (Å²) in [7, 11) is 0. The minimum atomic E-state index is -1.45. The van der Waals surface area contributed by atoms with Crippen LogP contribution in [0, 0.1) is 0 Å². The van der Waals surface area contributed by atoms with E-state index in [0.717, 1.165) is 44.5 Å². The van der Waals surface area contributed by atoms with Gasteiger partial charge in [0.1, 0.15) is 67.1 Å². The molecule has 12 rings (SSSR count). The van der Waals surface area contributed by atoms with E-state index in [2.05, 4.69) is 16.0 Å². The summed E-state index contributed by atoms with van der Waals surface area (Å²) in [4.78, 5) is 58.3. The molecule has 21 nitrogen and oxygen atoms in total. The van der Waals surface area contributed by atoms with Crippen LogP contribution in [-0.4, -0.2) is 153 Å². The predicted octanol–water partition coefficient (Wildman–Crippen LogP) is 8.13. The molecule has 0 aromatic heterocycles. The molecule has 4 aliphatic rings. The van der Waals surface area contributed by atoms with Gasteiger partial charge in [-0.25, -0.2) is 4.79 Å². The quantitative estimate of drug-likeness (QED) is 0.0251. The number of carbonyl (C=O) groups excluding carboxylic acids is 3. The normalized spacial score (nSPS) is 26.1. The summed E-state index contributed by atoms with van der Waals surface area (Å²) in [6, 6.07) is 76.0. The van der Waals surface area contributed by atoms with Gasteiger partial charge in [-0.3, -0.25) is 14.4 Å². The van der Waals surface area contributed by atoms with Gasteiger partial charge >= 0.3 is 5.97 Å². The molecule has 0 spiro atoms. The summed E-state index contributed by atoms with van der Waals surface area (Å²) in [6.07, 6.45) is -16.8. The van der Waals surface area contributed by atoms with Crippen molar-refractivity contribution >= 4 is 23.7 Å². The lowest BCUT2D eigenvalue weighted by Crippen LogP contribution is -2.49. The number of amides is 3. The van der Waals surface area contributed by atoms with Crippen molar-refractivity contribution in [3.63, 3.8) is 0 Å². The fraction of sp³-hybridized carbons (Fsp3) is 0.350. The molecule has 0 saturated carbocycles. The van der Waals surface area contributed by atoms with E-state index < -0.39 is 121 Å². The van der Waals surface area contributed by atoms with E-state index in [1.807, 2.05) is 243 Å². The van der Waals surface area contributed by atoms with Gasteiger partial charge in [-0.1, -0.05) is 243 Å². The first-order valence-corrected chi connectivity index (χ1v) is 34.2. The van der Waals surface area contributed by atoms with Crippen LogP contribution in [0.5, 0.6) is 0 Å². The van der Waals surface area contributed by atoms with Crippen molar-refractivity contribution in [2.75, 3.05) is 26.2 Å². The third kappa shape index (κ3) is 19.6. The number of nitrogens with one attached hydrogen (secondary N) is 3. The first-order chi connectivity index (χ1) is 49.6. The first-order valence-electron chi connectivity index (χ1n) is 34.2. The third-order valence-electron chi connectivity index (χ3n) is 18.2. The minimum absolute atomic E-state index is 0.0407. The first kappa shape index (κ1) is 71.9. The summed E-state index contributed by atoms with van der Waals surface area (Å²) in [5.41, 5.74) is 13.1. The van der Waals surface area contributed by atoms with Crippen LogP contribution in [0.2, 0.25) is 0 Å². The maximum absolute atomic E-state index is 15.4. The lowest BCUT2D eigenvalue weighted by Gasteiger charge is -2.27. The summed E-state index contributed by atoms with van der Waals surface area (Å²) >= 11 is 0. The molecule has 8 aromatic rings. The van der Waals surface area contributed by atoms with Gasteiger partial charge in [-0.2, -0.15) is 0 Å². The lowest BCUT2D eigenvalue weighted by molar-refractivity contribution is -0.156. The van der Waals surface area contributed by atoms with Crippen LogP contribution in [0.3, 0.4) is 0 Å². The van der Waals surface area contributed by atoms with Crippen LogP contribution in [0.4, 0.5) is 0 Å². The van der Waals surface area contributed by atoms with Gasteiger partial charge in [0.25, 0.3) is 17.7 Å². The molecule has 8 aromatic carbocycles. The second-order valence-electron chi connectivity index (χ2n) is 25.3. The van der Waals surface area contributed by atoms with Crippen LogP contribution in [0.15, 0.2) is 243 Å². The van der Waals surface area contributed by atoms with Crippen LogP contribution in [0.1, 0.15) is 44.5 Å². The van der Waals surface area contributed by atoms with Crippen molar-refractivity contribution in [3.8, 4) is 0 Å². The molecule has 4 aliphatic heterocycles. The zero-order valence-corrected chi connectivity index (χ0v) is 55.9. The Hall–Kier alpha value is -8.88. The summed E-state index contributed by atoms with van der Waals surface area (Å²) < 4.78 is 79.3. The second kappa shape index (κ2) is 36.6. The molecule has 4 heterocycles. The smallest absolute Gasteiger partial charge is 0.335 e. The maximum atomic E-state index is 15.4. The number of aliphatic carboxylic acids is 1. The second-order valence-corrected chi connectivity index (χ2v) is 25.3. The van der Waals surface area contributed by atoms with Gasteiger partial charge < -0.3 is 83.6 Å². The molecule has 3 amide bonds. The van der Waals surface area contributed by atoms with E-state index in [1.54, 1.807) is 0 Å². The Morgan fingerprint density at radius 2 is 0.455 bits per heavy atom. The van der Waals surface area contributed by atoms with E-state index in [-0.39, 0.29) is 79.0 Å². The maximum Gasteiger partial charge on any atom is 0.335 e. The Morgan fingerprint density at radius 1 is 0.277 bits per heavy atom. The molecule has 0 bridgehead atoms. The standard InChI is InChI=1S/C80H86N4O17/c81-41-61-65(90-45-53-25-9-1-10-26-53)69(94-49-57-33-17-5-18-34-57)73(98-61)77(85)82-42-62-66(91-46-54-27-11-2-12-28-54)70(95-50-58-35-19-6-20-36-58)74(99-62)78(86)83-43-63-67(92-47-55-29-13-3-14-30-55)71(96-51-59-37-21-7-22-38-59)75(100-63)79(87)84-44-64-68(93-48-56-31-15-4-16-32-56)72(76(101-64)80(88)89)97-52-60-39-23-8-24-40-60/h1-40,61-76H,41-52,81H2,(H,82,85)(H,83,86)(H,84,87)(H,88,89)/t61-,62-,63-,64-,65-,66-,67-,68-,69+,70+,71+,72+,73-,74-,75-,76-/m1/s1. The zero-order valence-electron chi connectivity index (χ0n) is 55.9. The van der Waals surface area contributed by atoms with E-state index >= 15 is 9.59 Å². The number of carbonyl (C=O) groups is 4. The van der Waals surface area contributed by atoms with Crippen molar-refractivity contribution in [1.29, 1.82) is 0 Å². The molecule has 0 unspecified atom stereocenters. The Labute approximate surface area is 587 Å². The number of ether oxygens (including phenoxy) is 12. The molecule has 21 heteroatoms. The minimum Gasteiger partial charge on any atom is -0.479 e. The fourth-order valence-electron chi connectivity index (χ4n) is 13.0. The van der Waals surface area contributed by atoms with E-state index in [1.165, 1.54) is 0 Å². The van der Waals surface area contributed by atoms with Gasteiger partial charge in [0.15, 0.2) is 24.4 Å². The van der Waals surface area contributed by atoms with Crippen molar-refractivity contribution in [3.05, 3.63) is 287 Å². The van der Waals surface area contributed by atoms with E-state index in [9.17, 15) is 14.7 Å². The molecular weight excluding hydrogens is 1290 g/mol. The molecule has 4 fully saturated rings. The molecule has 0 radical (unpaired) electrons. The van der Waals surface area contributed by atoms with Crippen molar-refractivity contribution < 1.29 is 81.1 Å². The topological polar surface area (TPSA) is 261 Å². The molecule has 4 saturated heterocycles. The Morgan fingerprint density at radius 3 is 0.663 bits per heavy atom. The fourth-order valence-corrected chi connectivity index (χ4v) is 13.0. The van der Waals surface area contributed by atoms with Gasteiger partial charge in [0.05, 0.1) is 59.0 Å². The number of hydrogen-bond acceptors (Lipinski definition) is 17. The number of carboxylic acid groups (broad SMARTS) is 1. The molecular formula is C80H86N4O17. The Balaban J connectivity index is 0.802. The molecule has 101 heavy (non-hydrogen) atoms. The Bertz CT molecular complexity index is 3810. The number of hydrogen-bond donors (Lipinski definition) is 5. The van der Waals surface area contributed by atoms with Gasteiger partial charge in [0, 0.05) is 26.2 Å². The predicted molar refractivity (Wildman–Crippen MR) is 371 cm³/mol. The molecule has 528 valence electrons. The van der Waals surface area contributed by atoms with Gasteiger partial charge in [-0.05, 0) is 44.5 Å². The van der Waals surface area contributed by atoms with Crippen LogP contribution >= 0.6 is 0 Å². The average Bonchev–Trinajstić information content (AvgIpc) is 1.67. The van der Waals surface area contributed by atoms with Crippen LogP contribution in [-0.2, 0) is 129 Å². The van der Waals surface area contributed by atoms with E-state index in [0.29, 0.717) is 0 Å².